The quantitative estimate of drug-likeness (QED) is 0.896. The molecule has 0 atom stereocenters. The lowest BCUT2D eigenvalue weighted by atomic mass is 9.72. The van der Waals surface area contributed by atoms with Crippen LogP contribution in [0.15, 0.2) is 54.7 Å². The van der Waals surface area contributed by atoms with Crippen molar-refractivity contribution < 1.29 is 14.7 Å². The molecule has 130 valence electrons. The number of nitrogens with one attached hydrogen (secondary N) is 1. The Kier molecular flexibility index (Phi) is 4.97. The van der Waals surface area contributed by atoms with Crippen LogP contribution < -0.4 is 5.32 Å². The molecule has 1 aromatic carbocycles. The van der Waals surface area contributed by atoms with Crippen LogP contribution in [0.4, 0.5) is 4.79 Å². The average Bonchev–Trinajstić information content (AvgIpc) is 2.67. The van der Waals surface area contributed by atoms with Crippen LogP contribution in [0.2, 0.25) is 0 Å². The van der Waals surface area contributed by atoms with E-state index in [1.165, 1.54) is 4.90 Å². The van der Waals surface area contributed by atoms with Crippen LogP contribution in [0.1, 0.15) is 24.1 Å². The second-order valence-electron chi connectivity index (χ2n) is 6.22. The fourth-order valence-electron chi connectivity index (χ4n) is 3.33. The lowest BCUT2D eigenvalue weighted by molar-refractivity contribution is -0.128. The predicted octanol–water partition coefficient (Wildman–Crippen LogP) is 2.41. The molecule has 0 radical (unpaired) electrons. The summed E-state index contributed by atoms with van der Waals surface area (Å²) in [6.07, 6.45) is 1.70. The van der Waals surface area contributed by atoms with Crippen LogP contribution >= 0.6 is 0 Å². The second kappa shape index (κ2) is 7.34. The number of rotatable bonds is 4. The van der Waals surface area contributed by atoms with Crippen LogP contribution in [0.25, 0.3) is 0 Å². The van der Waals surface area contributed by atoms with Gasteiger partial charge < -0.3 is 15.3 Å². The predicted molar refractivity (Wildman–Crippen MR) is 93.0 cm³/mol. The van der Waals surface area contributed by atoms with Crippen molar-refractivity contribution in [2.75, 3.05) is 13.1 Å². The molecule has 0 saturated carbocycles. The summed E-state index contributed by atoms with van der Waals surface area (Å²) in [5.74, 6) is -0.0746. The Morgan fingerprint density at radius 3 is 2.36 bits per heavy atom. The molecule has 0 aliphatic carbocycles. The van der Waals surface area contributed by atoms with Crippen LogP contribution in [-0.4, -0.2) is 40.1 Å². The Hall–Kier alpha value is -2.89. The molecule has 25 heavy (non-hydrogen) atoms. The van der Waals surface area contributed by atoms with Gasteiger partial charge in [-0.15, -0.1) is 0 Å². The molecular formula is C19H21N3O3. The van der Waals surface area contributed by atoms with Crippen molar-refractivity contribution >= 4 is 12.0 Å². The molecule has 1 aliphatic heterocycles. The number of aromatic nitrogens is 1. The fourth-order valence-corrected chi connectivity index (χ4v) is 3.33. The van der Waals surface area contributed by atoms with Gasteiger partial charge in [-0.3, -0.25) is 9.78 Å². The van der Waals surface area contributed by atoms with E-state index in [1.54, 1.807) is 6.20 Å². The highest BCUT2D eigenvalue weighted by Gasteiger charge is 2.43. The highest BCUT2D eigenvalue weighted by molar-refractivity contribution is 5.88. The Labute approximate surface area is 146 Å². The van der Waals surface area contributed by atoms with Gasteiger partial charge in [0, 0.05) is 19.3 Å². The lowest BCUT2D eigenvalue weighted by Crippen LogP contribution is -2.52. The summed E-state index contributed by atoms with van der Waals surface area (Å²) in [6.45, 7) is 1.05. The summed E-state index contributed by atoms with van der Waals surface area (Å²) in [6, 6.07) is 15.2. The summed E-state index contributed by atoms with van der Waals surface area (Å²) in [5, 5.41) is 12.2. The molecule has 6 nitrogen and oxygen atoms in total. The Balaban J connectivity index is 1.80. The molecule has 3 rings (SSSR count). The molecular weight excluding hydrogens is 318 g/mol. The molecule has 2 amide bonds. The third kappa shape index (κ3) is 3.63. The first-order valence-electron chi connectivity index (χ1n) is 8.33. The first-order chi connectivity index (χ1) is 12.1. The molecule has 1 saturated heterocycles. The van der Waals surface area contributed by atoms with Gasteiger partial charge in [0.25, 0.3) is 0 Å². The van der Waals surface area contributed by atoms with Crippen molar-refractivity contribution in [3.05, 3.63) is 66.0 Å². The third-order valence-electron chi connectivity index (χ3n) is 4.80. The number of hydrogen-bond acceptors (Lipinski definition) is 3. The number of amides is 2. The number of benzene rings is 1. The minimum absolute atomic E-state index is 0.0746. The summed E-state index contributed by atoms with van der Waals surface area (Å²) in [7, 11) is 0. The lowest BCUT2D eigenvalue weighted by Gasteiger charge is -2.40. The van der Waals surface area contributed by atoms with Crippen molar-refractivity contribution in [2.45, 2.75) is 24.8 Å². The zero-order chi connectivity index (χ0) is 17.7. The second-order valence-corrected chi connectivity index (χ2v) is 6.22. The number of nitrogens with zero attached hydrogens (tertiary/aromatic N) is 2. The van der Waals surface area contributed by atoms with E-state index in [0.29, 0.717) is 32.5 Å². The summed E-state index contributed by atoms with van der Waals surface area (Å²) in [4.78, 5) is 29.9. The number of hydrogen-bond donors (Lipinski definition) is 2. The SMILES string of the molecule is O=C(O)N1CCC(C(=O)NCc2ccccn2)(c2ccccc2)CC1. The van der Waals surface area contributed by atoms with Gasteiger partial charge >= 0.3 is 6.09 Å². The minimum Gasteiger partial charge on any atom is -0.465 e. The monoisotopic (exact) mass is 339 g/mol. The summed E-state index contributed by atoms with van der Waals surface area (Å²) < 4.78 is 0. The topological polar surface area (TPSA) is 82.5 Å². The molecule has 0 unspecified atom stereocenters. The first kappa shape index (κ1) is 17.0. The Morgan fingerprint density at radius 2 is 1.76 bits per heavy atom. The van der Waals surface area contributed by atoms with Gasteiger partial charge in [0.05, 0.1) is 17.7 Å². The number of carbonyl (C=O) groups is 2. The maximum absolute atomic E-state index is 13.1. The molecule has 2 heterocycles. The van der Waals surface area contributed by atoms with Gasteiger partial charge in [-0.25, -0.2) is 4.79 Å². The zero-order valence-electron chi connectivity index (χ0n) is 13.9. The standard InChI is InChI=1S/C19H21N3O3/c23-17(21-14-16-8-4-5-11-20-16)19(15-6-2-1-3-7-15)9-12-22(13-10-19)18(24)25/h1-8,11H,9-10,12-14H2,(H,21,23)(H,24,25). The number of likely N-dealkylation sites (tertiary alicyclic amines) is 1. The highest BCUT2D eigenvalue weighted by atomic mass is 16.4. The molecule has 1 aliphatic rings. The Bertz CT molecular complexity index is 726. The van der Waals surface area contributed by atoms with Crippen molar-refractivity contribution in [1.29, 1.82) is 0 Å². The van der Waals surface area contributed by atoms with E-state index in [2.05, 4.69) is 10.3 Å². The number of pyridine rings is 1. The van der Waals surface area contributed by atoms with E-state index in [0.717, 1.165) is 11.3 Å². The van der Waals surface area contributed by atoms with E-state index in [1.807, 2.05) is 48.5 Å². The maximum Gasteiger partial charge on any atom is 0.407 e. The number of carboxylic acid groups (broad SMARTS) is 1. The highest BCUT2D eigenvalue weighted by Crippen LogP contribution is 2.36. The summed E-state index contributed by atoms with van der Waals surface area (Å²) in [5.41, 5.74) is 1.02. The van der Waals surface area contributed by atoms with E-state index in [4.69, 9.17) is 0 Å². The van der Waals surface area contributed by atoms with Crippen LogP contribution in [-0.2, 0) is 16.8 Å². The number of carbonyl (C=O) groups excluding carboxylic acids is 1. The van der Waals surface area contributed by atoms with Gasteiger partial charge in [0.1, 0.15) is 0 Å². The van der Waals surface area contributed by atoms with Crippen molar-refractivity contribution in [3.8, 4) is 0 Å². The zero-order valence-corrected chi connectivity index (χ0v) is 13.9. The normalized spacial score (nSPS) is 16.2. The molecule has 1 aromatic heterocycles. The van der Waals surface area contributed by atoms with Gasteiger partial charge in [0.15, 0.2) is 0 Å². The molecule has 0 spiro atoms. The number of piperidine rings is 1. The minimum atomic E-state index is -0.935. The fraction of sp³-hybridized carbons (Fsp3) is 0.316. The first-order valence-corrected chi connectivity index (χ1v) is 8.33. The molecule has 2 N–H and O–H groups in total. The Morgan fingerprint density at radius 1 is 1.08 bits per heavy atom. The van der Waals surface area contributed by atoms with Crippen LogP contribution in [0.3, 0.4) is 0 Å². The summed E-state index contributed by atoms with van der Waals surface area (Å²) >= 11 is 0. The molecule has 6 heteroatoms. The largest absolute Gasteiger partial charge is 0.465 e. The van der Waals surface area contributed by atoms with Crippen molar-refractivity contribution in [1.82, 2.24) is 15.2 Å². The third-order valence-corrected chi connectivity index (χ3v) is 4.80. The van der Waals surface area contributed by atoms with Crippen molar-refractivity contribution in [2.24, 2.45) is 0 Å². The van der Waals surface area contributed by atoms with Gasteiger partial charge in [-0.2, -0.15) is 0 Å². The van der Waals surface area contributed by atoms with Gasteiger partial charge in [-0.05, 0) is 30.5 Å². The van der Waals surface area contributed by atoms with E-state index in [-0.39, 0.29) is 5.91 Å². The molecule has 1 fully saturated rings. The molecule has 0 bridgehead atoms. The smallest absolute Gasteiger partial charge is 0.407 e. The van der Waals surface area contributed by atoms with Crippen LogP contribution in [0.5, 0.6) is 0 Å². The average molecular weight is 339 g/mol. The van der Waals surface area contributed by atoms with E-state index in [9.17, 15) is 14.7 Å². The van der Waals surface area contributed by atoms with Gasteiger partial charge in [-0.1, -0.05) is 36.4 Å². The van der Waals surface area contributed by atoms with Gasteiger partial charge in [0.2, 0.25) is 5.91 Å². The van der Waals surface area contributed by atoms with Crippen LogP contribution in [0, 0.1) is 0 Å². The van der Waals surface area contributed by atoms with Crippen molar-refractivity contribution in [3.63, 3.8) is 0 Å². The van der Waals surface area contributed by atoms with E-state index < -0.39 is 11.5 Å². The maximum atomic E-state index is 13.1. The van der Waals surface area contributed by atoms with E-state index >= 15 is 0 Å². The molecule has 2 aromatic rings.